The number of carboxylic acid groups (broad SMARTS) is 1. The standard InChI is InChI=1S/C27H31FO2Si.C17H17FN2O3.C17H19FN2O2.C11H9FO2.C11H13FO2.C8H6FN.C3H5ClO.4CH4/c1-26(2,3)31(24-10-6-4-7-11-24,25-12-8-5-9-13-25)30-19-22-18-27(22,20-29)21-14-16-23(28)17-15-21;1-10-15(8-19-11(2)20-10)23-9-17(7-14(17)16(21)22)12-3-5-13(18)6-4-12;1-11-16(8-19-12(2)20-11)22-10-17(7-14(17)9-21)13-3-5-15(18)6-4-13;12-9-3-1-7(2-4-9)11-5-8(11)6-14-10(11)13;12-10-3-1-8(2-4-10)11(7-14)5-9(11)6-13;9-8-3-1-7(2-4-8)5-6-10;4-1-3-2-5-3;;;;/h4-17,22,29H,18-20H2,1-3H3;3-6,8,14H,7,9H2,1-2H3,(H,21,22);3-6,8,14,21H,7,9-10H2,1-2H3;1-4,8H,5-6H2;1-4,9,13-14H,5-7H2;1-4H,5H2;3H,1-2H2;4*1H4/t22-,27+;2*14-,17+;8-,11+;9-,11+;;3-;;;;/m00000.0..../s1. The van der Waals surface area contributed by atoms with Crippen LogP contribution in [0.1, 0.15) is 139 Å². The smallest absolute Gasteiger partial charge is 0.317 e. The first-order chi connectivity index (χ1) is 57.0. The van der Waals surface area contributed by atoms with Crippen LogP contribution in [0.5, 0.6) is 11.5 Å². The molecule has 0 spiro atoms. The van der Waals surface area contributed by atoms with E-state index in [2.05, 4.69) is 89.2 Å². The Kier molecular flexibility index (Phi) is 35.3. The van der Waals surface area contributed by atoms with Crippen molar-refractivity contribution in [3.63, 3.8) is 0 Å². The number of benzene rings is 8. The van der Waals surface area contributed by atoms with Crippen molar-refractivity contribution in [2.24, 2.45) is 29.6 Å². The average Bonchev–Trinajstić information content (AvgIpc) is 1.52. The van der Waals surface area contributed by atoms with Crippen molar-refractivity contribution >= 4 is 42.2 Å². The normalized spacial score (nSPS) is 23.1. The minimum Gasteiger partial charge on any atom is -0.489 e. The molecule has 7 fully saturated rings. The Labute approximate surface area is 725 Å². The largest absolute Gasteiger partial charge is 0.489 e. The Morgan fingerprint density at radius 3 is 1.20 bits per heavy atom. The molecule has 0 bridgehead atoms. The summed E-state index contributed by atoms with van der Waals surface area (Å²) < 4.78 is 106. The SMILES string of the molecule is C.C.C.C.CC(C)(C)[Si](OC[C@@H]1C[C@@]1(CO)c1ccc(F)cc1)(c1ccccc1)c1ccccc1.Cc1ncc(OC[C@@]2(c3ccc(F)cc3)C[C@H]2C(=O)O)c(C)n1.Cc1ncc(OC[C@@]2(c3ccc(F)cc3)C[C@H]2CO)c(C)n1.ClC[C@H]1CO1.N#CCc1ccc(F)cc1.O=C1OC[C@@H]2C[C@]12c1ccc(F)cc1.OC[C@@H]1C[C@@]1(CO)c1ccc(F)cc1. The fourth-order valence-electron chi connectivity index (χ4n) is 16.0. The van der Waals surface area contributed by atoms with E-state index >= 15 is 0 Å². The zero-order valence-electron chi connectivity index (χ0n) is 67.5. The number of fused-ring (bicyclic) bond motifs is 1. The number of carboxylic acids is 1. The molecule has 5 saturated carbocycles. The van der Waals surface area contributed by atoms with Crippen molar-refractivity contribution in [1.29, 1.82) is 5.26 Å². The highest BCUT2D eigenvalue weighted by molar-refractivity contribution is 6.99. The van der Waals surface area contributed by atoms with Crippen molar-refractivity contribution in [1.82, 2.24) is 19.9 Å². The minimum absolute atomic E-state index is 0. The molecule has 17 rings (SSSR count). The van der Waals surface area contributed by atoms with E-state index in [-0.39, 0.29) is 143 Å². The highest BCUT2D eigenvalue weighted by Gasteiger charge is 2.67. The molecular weight excluding hydrogens is 1620 g/mol. The van der Waals surface area contributed by atoms with Gasteiger partial charge in [-0.2, -0.15) is 5.26 Å². The topological polar surface area (TPSA) is 260 Å². The van der Waals surface area contributed by atoms with Crippen LogP contribution >= 0.6 is 11.6 Å². The summed E-state index contributed by atoms with van der Waals surface area (Å²) >= 11 is 5.27. The molecule has 10 aromatic rings. The maximum Gasteiger partial charge on any atom is 0.317 e. The maximum absolute atomic E-state index is 13.4. The van der Waals surface area contributed by atoms with E-state index in [1.807, 2.05) is 39.0 Å². The average molecular weight is 1730 g/mol. The van der Waals surface area contributed by atoms with E-state index in [1.54, 1.807) is 92.1 Å². The first-order valence-corrected chi connectivity index (χ1v) is 42.0. The van der Waals surface area contributed by atoms with Gasteiger partial charge in [-0.15, -0.1) is 11.6 Å². The number of carbonyl (C=O) groups excluding carboxylic acids is 1. The number of alkyl halides is 1. The number of aliphatic carboxylic acids is 1. The summed E-state index contributed by atoms with van der Waals surface area (Å²) in [5, 5.41) is 58.0. The molecule has 2 saturated heterocycles. The second-order valence-electron chi connectivity index (χ2n) is 32.5. The predicted octanol–water partition coefficient (Wildman–Crippen LogP) is 17.6. The summed E-state index contributed by atoms with van der Waals surface area (Å²) in [7, 11) is -2.60. The summed E-state index contributed by atoms with van der Waals surface area (Å²) in [4.78, 5) is 39.7. The highest BCUT2D eigenvalue weighted by atomic mass is 35.5. The number of aliphatic hydroxyl groups is 4. The number of cyclic esters (lactones) is 1. The summed E-state index contributed by atoms with van der Waals surface area (Å²) in [5.74, 6) is 0.802. The number of nitrogens with zero attached hydrogens (tertiary/aromatic N) is 5. The number of aromatic nitrogens is 4. The molecule has 658 valence electrons. The first kappa shape index (κ1) is 99.9. The van der Waals surface area contributed by atoms with Gasteiger partial charge < -0.3 is 48.9 Å². The molecule has 0 radical (unpaired) electrons. The van der Waals surface area contributed by atoms with Gasteiger partial charge in [-0.3, -0.25) is 9.59 Å². The lowest BCUT2D eigenvalue weighted by Crippen LogP contribution is -2.66. The van der Waals surface area contributed by atoms with E-state index < -0.39 is 31.0 Å². The summed E-state index contributed by atoms with van der Waals surface area (Å²) in [5.41, 5.74) is 4.98. The minimum atomic E-state index is -2.60. The monoisotopic (exact) mass is 1730 g/mol. The number of hydrogen-bond donors (Lipinski definition) is 5. The molecule has 11 atom stereocenters. The lowest BCUT2D eigenvalue weighted by molar-refractivity contribution is -0.142. The maximum atomic E-state index is 13.4. The molecular formula is C98H116ClF6N5O12Si. The van der Waals surface area contributed by atoms with Crippen molar-refractivity contribution in [3.8, 4) is 17.6 Å². The van der Waals surface area contributed by atoms with Crippen LogP contribution < -0.4 is 19.8 Å². The van der Waals surface area contributed by atoms with Gasteiger partial charge in [-0.05, 0) is 199 Å². The quantitative estimate of drug-likeness (QED) is 0.0131. The van der Waals surface area contributed by atoms with Gasteiger partial charge in [0, 0.05) is 47.4 Å². The molecule has 2 aromatic heterocycles. The molecule has 0 amide bonds. The number of esters is 1. The van der Waals surface area contributed by atoms with Gasteiger partial charge in [0.2, 0.25) is 0 Å². The Bertz CT molecular complexity index is 5030. The molecule has 5 aliphatic carbocycles. The third kappa shape index (κ3) is 23.6. The number of halogens is 7. The second-order valence-corrected chi connectivity index (χ2v) is 37.1. The summed E-state index contributed by atoms with van der Waals surface area (Å²) in [6, 6.07) is 60.3. The molecule has 17 nitrogen and oxygen atoms in total. The first-order valence-electron chi connectivity index (χ1n) is 39.6. The number of aliphatic hydroxyl groups excluding tert-OH is 4. The summed E-state index contributed by atoms with van der Waals surface area (Å²) in [6.07, 6.45) is 7.81. The number of hydrogen-bond acceptors (Lipinski definition) is 16. The van der Waals surface area contributed by atoms with Gasteiger partial charge in [0.05, 0.1) is 99.2 Å². The molecule has 5 N–H and O–H groups in total. The van der Waals surface area contributed by atoms with Gasteiger partial charge in [-0.25, -0.2) is 46.3 Å². The molecule has 25 heteroatoms. The Hall–Kier alpha value is -10.2. The van der Waals surface area contributed by atoms with E-state index in [0.29, 0.717) is 79.4 Å². The van der Waals surface area contributed by atoms with Crippen LogP contribution in [0.3, 0.4) is 0 Å². The number of nitriles is 1. The van der Waals surface area contributed by atoms with Crippen LogP contribution in [0.15, 0.2) is 219 Å². The zero-order chi connectivity index (χ0) is 85.5. The van der Waals surface area contributed by atoms with Crippen LogP contribution in [-0.2, 0) is 57.0 Å². The Balaban J connectivity index is 0.000000205. The third-order valence-corrected chi connectivity index (χ3v) is 29.1. The van der Waals surface area contributed by atoms with E-state index in [1.165, 1.54) is 83.2 Å². The van der Waals surface area contributed by atoms with Gasteiger partial charge in [0.15, 0.2) is 11.5 Å². The fraction of sp³-hybridized carbons (Fsp3) is 0.398. The fourth-order valence-corrected chi connectivity index (χ4v) is 20.8. The van der Waals surface area contributed by atoms with E-state index in [9.17, 15) is 56.4 Å². The zero-order valence-corrected chi connectivity index (χ0v) is 69.3. The number of rotatable bonds is 23. The van der Waals surface area contributed by atoms with E-state index in [0.717, 1.165) is 71.4 Å². The van der Waals surface area contributed by atoms with Gasteiger partial charge in [0.1, 0.15) is 46.6 Å². The lowest BCUT2D eigenvalue weighted by atomic mass is 9.94. The number of ether oxygens (including phenoxy) is 4. The third-order valence-electron chi connectivity index (χ3n) is 23.8. The number of epoxide rings is 1. The molecule has 123 heavy (non-hydrogen) atoms. The van der Waals surface area contributed by atoms with Crippen LogP contribution in [0, 0.1) is 104 Å². The van der Waals surface area contributed by atoms with Crippen LogP contribution in [-0.4, -0.2) is 137 Å². The van der Waals surface area contributed by atoms with Crippen molar-refractivity contribution in [2.45, 2.75) is 155 Å². The van der Waals surface area contributed by atoms with Crippen LogP contribution in [0.4, 0.5) is 26.3 Å². The van der Waals surface area contributed by atoms with E-state index in [4.69, 9.17) is 45.3 Å². The highest BCUT2D eigenvalue weighted by Crippen LogP contribution is 2.60. The Morgan fingerprint density at radius 1 is 0.520 bits per heavy atom. The Morgan fingerprint density at radius 2 is 0.886 bits per heavy atom. The van der Waals surface area contributed by atoms with Gasteiger partial charge in [-0.1, -0.05) is 184 Å². The van der Waals surface area contributed by atoms with Crippen molar-refractivity contribution in [3.05, 3.63) is 310 Å². The van der Waals surface area contributed by atoms with Crippen molar-refractivity contribution in [2.75, 3.05) is 65.3 Å². The molecule has 0 unspecified atom stereocenters. The molecule has 8 aromatic carbocycles. The predicted molar refractivity (Wildman–Crippen MR) is 469 cm³/mol. The number of carbonyl (C=O) groups is 2. The van der Waals surface area contributed by atoms with Crippen LogP contribution in [0.25, 0.3) is 0 Å². The molecule has 2 aliphatic heterocycles. The second kappa shape index (κ2) is 43.4. The lowest BCUT2D eigenvalue weighted by Gasteiger charge is -2.43. The molecule has 7 aliphatic rings. The van der Waals surface area contributed by atoms with Crippen LogP contribution in [0.2, 0.25) is 5.04 Å². The van der Waals surface area contributed by atoms with Gasteiger partial charge in [0.25, 0.3) is 8.32 Å². The van der Waals surface area contributed by atoms with Gasteiger partial charge >= 0.3 is 11.9 Å². The molecule has 4 heterocycles. The summed E-state index contributed by atoms with van der Waals surface area (Å²) in [6.45, 7) is 17.0. The van der Waals surface area contributed by atoms with Crippen molar-refractivity contribution < 1.29 is 84.8 Å². The number of aryl methyl sites for hydroxylation is 4.